The molecule has 0 saturated heterocycles. The van der Waals surface area contributed by atoms with Crippen LogP contribution in [0.4, 0.5) is 0 Å². The Morgan fingerprint density at radius 2 is 0.875 bits per heavy atom. The maximum Gasteiger partial charge on any atom is 0.179 e. The predicted molar refractivity (Wildman–Crippen MR) is 266 cm³/mol. The summed E-state index contributed by atoms with van der Waals surface area (Å²) in [6.45, 7) is 0. The van der Waals surface area contributed by atoms with Crippen LogP contribution >= 0.6 is 0 Å². The number of aromatic nitrogens is 4. The van der Waals surface area contributed by atoms with Crippen molar-refractivity contribution >= 4 is 43.2 Å². The Hall–Kier alpha value is -8.60. The molecule has 0 unspecified atom stereocenters. The maximum absolute atomic E-state index is 5.36. The van der Waals surface area contributed by atoms with Crippen LogP contribution in [0.25, 0.3) is 122 Å². The molecular weight excluding hydrogens is 777 g/mol. The molecule has 0 atom stereocenters. The van der Waals surface area contributed by atoms with Gasteiger partial charge in [-0.05, 0) is 97.4 Å². The van der Waals surface area contributed by atoms with Crippen LogP contribution in [0, 0.1) is 0 Å². The molecule has 0 N–H and O–H groups in total. The van der Waals surface area contributed by atoms with Crippen molar-refractivity contribution in [2.75, 3.05) is 0 Å². The lowest BCUT2D eigenvalue weighted by molar-refractivity contribution is 1.15. The maximum atomic E-state index is 5.36. The van der Waals surface area contributed by atoms with Crippen molar-refractivity contribution in [1.82, 2.24) is 19.9 Å². The van der Waals surface area contributed by atoms with Gasteiger partial charge in [-0.3, -0.25) is 4.98 Å². The molecule has 3 heterocycles. The predicted octanol–water partition coefficient (Wildman–Crippen LogP) is 15.5. The van der Waals surface area contributed by atoms with E-state index in [0.29, 0.717) is 5.82 Å². The number of hydrogen-bond acceptors (Lipinski definition) is 4. The van der Waals surface area contributed by atoms with Gasteiger partial charge in [0.05, 0.1) is 22.6 Å². The normalized spacial score (nSPS) is 11.4. The monoisotopic (exact) mass is 814 g/mol. The van der Waals surface area contributed by atoms with Crippen molar-refractivity contribution in [2.24, 2.45) is 0 Å². The van der Waals surface area contributed by atoms with Gasteiger partial charge in [-0.2, -0.15) is 0 Å². The zero-order chi connectivity index (χ0) is 42.4. The van der Waals surface area contributed by atoms with Crippen molar-refractivity contribution in [2.45, 2.75) is 0 Å². The zero-order valence-corrected chi connectivity index (χ0v) is 34.7. The molecule has 9 aromatic carbocycles. The van der Waals surface area contributed by atoms with Gasteiger partial charge >= 0.3 is 0 Å². The van der Waals surface area contributed by atoms with E-state index in [4.69, 9.17) is 15.0 Å². The summed E-state index contributed by atoms with van der Waals surface area (Å²) in [6.07, 6.45) is 1.79. The minimum Gasteiger partial charge on any atom is -0.253 e. The summed E-state index contributed by atoms with van der Waals surface area (Å²) in [5.74, 6) is 0.588. The van der Waals surface area contributed by atoms with Gasteiger partial charge in [0.1, 0.15) is 5.69 Å². The van der Waals surface area contributed by atoms with Crippen LogP contribution < -0.4 is 0 Å². The molecule has 3 aromatic heterocycles. The highest BCUT2D eigenvalue weighted by atomic mass is 14.9. The SMILES string of the molecule is c1ccc(-c2ccc(-c3cc(-c4cccc(-c5ccc(-c6cc7c(-c8ccc9ccccc9c8)nc8ccccc8c7c7ccccc67)cc5)c4)nc(-c4ccccn4)n3)cc2)cc1. The van der Waals surface area contributed by atoms with E-state index in [1.165, 1.54) is 38.1 Å². The van der Waals surface area contributed by atoms with Crippen LogP contribution in [0.15, 0.2) is 231 Å². The van der Waals surface area contributed by atoms with Gasteiger partial charge in [-0.15, -0.1) is 0 Å². The van der Waals surface area contributed by atoms with Crippen molar-refractivity contribution in [3.8, 4) is 78.7 Å². The Morgan fingerprint density at radius 1 is 0.281 bits per heavy atom. The van der Waals surface area contributed by atoms with Gasteiger partial charge in [0.2, 0.25) is 0 Å². The first-order chi connectivity index (χ1) is 31.7. The molecule has 12 rings (SSSR count). The van der Waals surface area contributed by atoms with Gasteiger partial charge in [0.15, 0.2) is 5.82 Å². The fourth-order valence-electron chi connectivity index (χ4n) is 9.13. The van der Waals surface area contributed by atoms with Crippen molar-refractivity contribution in [1.29, 1.82) is 0 Å². The zero-order valence-electron chi connectivity index (χ0n) is 34.7. The second kappa shape index (κ2) is 15.7. The highest BCUT2D eigenvalue weighted by Crippen LogP contribution is 2.42. The number of para-hydroxylation sites is 1. The van der Waals surface area contributed by atoms with Crippen LogP contribution in [-0.4, -0.2) is 19.9 Å². The van der Waals surface area contributed by atoms with Crippen molar-refractivity contribution in [3.63, 3.8) is 0 Å². The van der Waals surface area contributed by atoms with E-state index in [9.17, 15) is 0 Å². The second-order valence-corrected chi connectivity index (χ2v) is 16.2. The van der Waals surface area contributed by atoms with Gasteiger partial charge in [0.25, 0.3) is 0 Å². The number of rotatable bonds is 7. The molecule has 0 saturated carbocycles. The standard InChI is InChI=1S/C60H38N4/c1-2-13-39(14-3-1)41-26-31-44(32-27-41)56-38-57(64-60(63-56)55-23-10-11-34-61-55)47-18-12-17-46(35-47)42-24-29-43(30-25-42)52-37-53-58(50-20-7-6-19-49(50)52)51-21-8-9-22-54(51)62-59(53)48-33-28-40-15-4-5-16-45(40)36-48/h1-38H. The lowest BCUT2D eigenvalue weighted by Crippen LogP contribution is -1.97. The number of benzene rings is 9. The Balaban J connectivity index is 0.945. The number of hydrogen-bond donors (Lipinski definition) is 0. The minimum atomic E-state index is 0.588. The smallest absolute Gasteiger partial charge is 0.179 e. The Labute approximate surface area is 370 Å². The molecule has 64 heavy (non-hydrogen) atoms. The van der Waals surface area contributed by atoms with Crippen LogP contribution in [0.3, 0.4) is 0 Å². The summed E-state index contributed by atoms with van der Waals surface area (Å²) in [5.41, 5.74) is 14.4. The van der Waals surface area contributed by atoms with Gasteiger partial charge in [-0.25, -0.2) is 15.0 Å². The molecule has 0 aliphatic heterocycles. The number of fused-ring (bicyclic) bond motifs is 6. The third-order valence-corrected chi connectivity index (χ3v) is 12.3. The first-order valence-corrected chi connectivity index (χ1v) is 21.6. The summed E-state index contributed by atoms with van der Waals surface area (Å²) in [6, 6.07) is 79.4. The van der Waals surface area contributed by atoms with Crippen LogP contribution in [0.2, 0.25) is 0 Å². The summed E-state index contributed by atoms with van der Waals surface area (Å²) < 4.78 is 0. The highest BCUT2D eigenvalue weighted by molar-refractivity contribution is 6.25. The van der Waals surface area contributed by atoms with Gasteiger partial charge in [0, 0.05) is 39.0 Å². The molecule has 0 amide bonds. The van der Waals surface area contributed by atoms with Crippen LogP contribution in [-0.2, 0) is 0 Å². The largest absolute Gasteiger partial charge is 0.253 e. The molecule has 4 nitrogen and oxygen atoms in total. The molecule has 0 aliphatic rings. The average Bonchev–Trinajstić information content (AvgIpc) is 3.38. The van der Waals surface area contributed by atoms with Crippen LogP contribution in [0.5, 0.6) is 0 Å². The molecule has 0 fully saturated rings. The fraction of sp³-hybridized carbons (Fsp3) is 0. The Bertz CT molecular complexity index is 3700. The molecule has 0 bridgehead atoms. The second-order valence-electron chi connectivity index (χ2n) is 16.2. The molecular formula is C60H38N4. The van der Waals surface area contributed by atoms with E-state index in [1.54, 1.807) is 6.20 Å². The third kappa shape index (κ3) is 6.75. The van der Waals surface area contributed by atoms with E-state index < -0.39 is 0 Å². The molecule has 0 spiro atoms. The van der Waals surface area contributed by atoms with Crippen molar-refractivity contribution < 1.29 is 0 Å². The lowest BCUT2D eigenvalue weighted by Gasteiger charge is -2.16. The topological polar surface area (TPSA) is 51.6 Å². The molecule has 4 heteroatoms. The first kappa shape index (κ1) is 37.2. The lowest BCUT2D eigenvalue weighted by atomic mass is 9.89. The Kier molecular flexibility index (Phi) is 9.12. The summed E-state index contributed by atoms with van der Waals surface area (Å²) in [4.78, 5) is 20.1. The van der Waals surface area contributed by atoms with Crippen molar-refractivity contribution in [3.05, 3.63) is 231 Å². The molecule has 298 valence electrons. The Morgan fingerprint density at radius 3 is 1.67 bits per heavy atom. The van der Waals surface area contributed by atoms with Gasteiger partial charge < -0.3 is 0 Å². The van der Waals surface area contributed by atoms with Gasteiger partial charge in [-0.1, -0.05) is 182 Å². The first-order valence-electron chi connectivity index (χ1n) is 21.6. The average molecular weight is 815 g/mol. The number of nitrogens with zero attached hydrogens (tertiary/aromatic N) is 4. The molecule has 12 aromatic rings. The fourth-order valence-corrected chi connectivity index (χ4v) is 9.13. The van der Waals surface area contributed by atoms with E-state index in [0.717, 1.165) is 78.0 Å². The van der Waals surface area contributed by atoms with E-state index >= 15 is 0 Å². The van der Waals surface area contributed by atoms with E-state index in [2.05, 4.69) is 205 Å². The van der Waals surface area contributed by atoms with E-state index in [-0.39, 0.29) is 0 Å². The van der Waals surface area contributed by atoms with Crippen LogP contribution in [0.1, 0.15) is 0 Å². The minimum absolute atomic E-state index is 0.588. The quantitative estimate of drug-likeness (QED) is 0.150. The third-order valence-electron chi connectivity index (χ3n) is 12.3. The summed E-state index contributed by atoms with van der Waals surface area (Å²) in [5, 5.41) is 8.37. The molecule has 0 radical (unpaired) electrons. The highest BCUT2D eigenvalue weighted by Gasteiger charge is 2.18. The summed E-state index contributed by atoms with van der Waals surface area (Å²) >= 11 is 0. The van der Waals surface area contributed by atoms with E-state index in [1.807, 2.05) is 24.3 Å². The summed E-state index contributed by atoms with van der Waals surface area (Å²) in [7, 11) is 0. The molecule has 0 aliphatic carbocycles. The number of pyridine rings is 2.